The molecule has 0 radical (unpaired) electrons. The summed E-state index contributed by atoms with van der Waals surface area (Å²) in [5, 5.41) is 6.56. The van der Waals surface area contributed by atoms with Gasteiger partial charge in [-0.15, -0.1) is 0 Å². The number of rotatable bonds is 2. The summed E-state index contributed by atoms with van der Waals surface area (Å²) in [5.41, 5.74) is 2.97. The van der Waals surface area contributed by atoms with E-state index in [0.29, 0.717) is 28.6 Å². The quantitative estimate of drug-likeness (QED) is 0.889. The summed E-state index contributed by atoms with van der Waals surface area (Å²) in [6, 6.07) is 11.0. The third-order valence-electron chi connectivity index (χ3n) is 3.29. The summed E-state index contributed by atoms with van der Waals surface area (Å²) >= 11 is 6.11. The summed E-state index contributed by atoms with van der Waals surface area (Å²) in [6.07, 6.45) is 0. The van der Waals surface area contributed by atoms with Crippen molar-refractivity contribution in [3.8, 4) is 5.75 Å². The lowest BCUT2D eigenvalue weighted by molar-refractivity contribution is 0.102. The van der Waals surface area contributed by atoms with E-state index in [1.165, 1.54) is 0 Å². The SMILES string of the molecule is Cc1ccc(Cl)c(NC(=O)c2cccc3c2OCCN3)c1. The molecule has 3 rings (SSSR count). The van der Waals surface area contributed by atoms with E-state index in [9.17, 15) is 4.79 Å². The molecule has 21 heavy (non-hydrogen) atoms. The van der Waals surface area contributed by atoms with Crippen molar-refractivity contribution in [2.75, 3.05) is 23.8 Å². The van der Waals surface area contributed by atoms with Crippen LogP contribution in [0.4, 0.5) is 11.4 Å². The minimum absolute atomic E-state index is 0.233. The summed E-state index contributed by atoms with van der Waals surface area (Å²) in [6.45, 7) is 3.23. The minimum atomic E-state index is -0.233. The van der Waals surface area contributed by atoms with Crippen molar-refractivity contribution in [2.45, 2.75) is 6.92 Å². The van der Waals surface area contributed by atoms with Crippen molar-refractivity contribution in [1.82, 2.24) is 0 Å². The molecule has 1 aliphatic heterocycles. The molecule has 4 nitrogen and oxygen atoms in total. The number of hydrogen-bond acceptors (Lipinski definition) is 3. The topological polar surface area (TPSA) is 50.4 Å². The fraction of sp³-hybridized carbons (Fsp3) is 0.188. The van der Waals surface area contributed by atoms with Gasteiger partial charge in [0, 0.05) is 6.54 Å². The van der Waals surface area contributed by atoms with E-state index in [-0.39, 0.29) is 5.91 Å². The van der Waals surface area contributed by atoms with Crippen LogP contribution in [0.15, 0.2) is 36.4 Å². The van der Waals surface area contributed by atoms with Gasteiger partial charge in [-0.3, -0.25) is 4.79 Å². The molecule has 5 heteroatoms. The Morgan fingerprint density at radius 1 is 1.33 bits per heavy atom. The van der Waals surface area contributed by atoms with Gasteiger partial charge in [0.15, 0.2) is 5.75 Å². The minimum Gasteiger partial charge on any atom is -0.489 e. The number of nitrogens with one attached hydrogen (secondary N) is 2. The Balaban J connectivity index is 1.91. The van der Waals surface area contributed by atoms with Crippen LogP contribution in [-0.4, -0.2) is 19.1 Å². The highest BCUT2D eigenvalue weighted by Gasteiger charge is 2.19. The lowest BCUT2D eigenvalue weighted by Gasteiger charge is -2.21. The first-order valence-electron chi connectivity index (χ1n) is 6.72. The average molecular weight is 303 g/mol. The van der Waals surface area contributed by atoms with Crippen LogP contribution in [0.25, 0.3) is 0 Å². The molecular weight excluding hydrogens is 288 g/mol. The van der Waals surface area contributed by atoms with Gasteiger partial charge in [0.05, 0.1) is 22.0 Å². The van der Waals surface area contributed by atoms with Gasteiger partial charge in [-0.2, -0.15) is 0 Å². The lowest BCUT2D eigenvalue weighted by Crippen LogP contribution is -2.22. The maximum Gasteiger partial charge on any atom is 0.259 e. The van der Waals surface area contributed by atoms with Gasteiger partial charge in [-0.25, -0.2) is 0 Å². The number of aryl methyl sites for hydroxylation is 1. The number of amides is 1. The standard InChI is InChI=1S/C16H15ClN2O2/c1-10-5-6-12(17)14(9-10)19-16(20)11-3-2-4-13-15(11)21-8-7-18-13/h2-6,9,18H,7-8H2,1H3,(H,19,20). The fourth-order valence-electron chi connectivity index (χ4n) is 2.27. The van der Waals surface area contributed by atoms with Crippen molar-refractivity contribution >= 4 is 28.9 Å². The van der Waals surface area contributed by atoms with Crippen molar-refractivity contribution in [2.24, 2.45) is 0 Å². The molecule has 0 saturated heterocycles. The third kappa shape index (κ3) is 2.81. The molecule has 2 aromatic rings. The molecule has 0 spiro atoms. The first-order valence-corrected chi connectivity index (χ1v) is 7.10. The number of hydrogen-bond donors (Lipinski definition) is 2. The summed E-state index contributed by atoms with van der Waals surface area (Å²) in [4.78, 5) is 12.5. The Morgan fingerprint density at radius 3 is 3.05 bits per heavy atom. The number of carbonyl (C=O) groups excluding carboxylic acids is 1. The number of anilines is 2. The molecule has 0 saturated carbocycles. The van der Waals surface area contributed by atoms with Gasteiger partial charge in [0.1, 0.15) is 6.61 Å². The van der Waals surface area contributed by atoms with Crippen molar-refractivity contribution < 1.29 is 9.53 Å². The van der Waals surface area contributed by atoms with E-state index in [1.54, 1.807) is 12.1 Å². The largest absolute Gasteiger partial charge is 0.489 e. The smallest absolute Gasteiger partial charge is 0.259 e. The van der Waals surface area contributed by atoms with Crippen LogP contribution in [0.2, 0.25) is 5.02 Å². The van der Waals surface area contributed by atoms with Crippen molar-refractivity contribution in [3.05, 3.63) is 52.5 Å². The Labute approximate surface area is 128 Å². The molecule has 0 unspecified atom stereocenters. The molecule has 0 fully saturated rings. The Kier molecular flexibility index (Phi) is 3.71. The predicted molar refractivity (Wildman–Crippen MR) is 84.6 cm³/mol. The molecule has 1 amide bonds. The maximum atomic E-state index is 12.5. The van der Waals surface area contributed by atoms with E-state index in [4.69, 9.17) is 16.3 Å². The lowest BCUT2D eigenvalue weighted by atomic mass is 10.1. The Morgan fingerprint density at radius 2 is 2.19 bits per heavy atom. The highest BCUT2D eigenvalue weighted by molar-refractivity contribution is 6.34. The van der Waals surface area contributed by atoms with Gasteiger partial charge in [-0.1, -0.05) is 23.7 Å². The molecule has 108 valence electrons. The summed E-state index contributed by atoms with van der Waals surface area (Å²) < 4.78 is 5.61. The van der Waals surface area contributed by atoms with Crippen LogP contribution >= 0.6 is 11.6 Å². The van der Waals surface area contributed by atoms with E-state index in [2.05, 4.69) is 10.6 Å². The number of fused-ring (bicyclic) bond motifs is 1. The Bertz CT molecular complexity index is 701. The highest BCUT2D eigenvalue weighted by atomic mass is 35.5. The van der Waals surface area contributed by atoms with E-state index in [0.717, 1.165) is 17.8 Å². The molecule has 0 aliphatic carbocycles. The van der Waals surface area contributed by atoms with Gasteiger partial charge in [-0.05, 0) is 36.8 Å². The monoisotopic (exact) mass is 302 g/mol. The van der Waals surface area contributed by atoms with Crippen LogP contribution in [0.5, 0.6) is 5.75 Å². The van der Waals surface area contributed by atoms with Crippen LogP contribution in [-0.2, 0) is 0 Å². The molecule has 1 heterocycles. The Hall–Kier alpha value is -2.20. The van der Waals surface area contributed by atoms with Gasteiger partial charge < -0.3 is 15.4 Å². The van der Waals surface area contributed by atoms with E-state index < -0.39 is 0 Å². The predicted octanol–water partition coefficient (Wildman–Crippen LogP) is 3.71. The highest BCUT2D eigenvalue weighted by Crippen LogP contribution is 2.32. The number of ether oxygens (including phenoxy) is 1. The number of carbonyl (C=O) groups is 1. The summed E-state index contributed by atoms with van der Waals surface area (Å²) in [5.74, 6) is 0.355. The maximum absolute atomic E-state index is 12.5. The second-order valence-corrected chi connectivity index (χ2v) is 5.30. The summed E-state index contributed by atoms with van der Waals surface area (Å²) in [7, 11) is 0. The van der Waals surface area contributed by atoms with Gasteiger partial charge in [0.25, 0.3) is 5.91 Å². The third-order valence-corrected chi connectivity index (χ3v) is 3.62. The van der Waals surface area contributed by atoms with Crippen LogP contribution in [0.3, 0.4) is 0 Å². The second kappa shape index (κ2) is 5.66. The zero-order chi connectivity index (χ0) is 14.8. The van der Waals surface area contributed by atoms with Crippen molar-refractivity contribution in [1.29, 1.82) is 0 Å². The fourth-order valence-corrected chi connectivity index (χ4v) is 2.44. The number of benzene rings is 2. The molecule has 1 aliphatic rings. The molecular formula is C16H15ClN2O2. The normalized spacial score (nSPS) is 12.9. The van der Waals surface area contributed by atoms with Crippen LogP contribution < -0.4 is 15.4 Å². The number of para-hydroxylation sites is 1. The molecule has 0 bridgehead atoms. The molecule has 2 N–H and O–H groups in total. The van der Waals surface area contributed by atoms with Crippen LogP contribution in [0.1, 0.15) is 15.9 Å². The molecule has 0 atom stereocenters. The zero-order valence-electron chi connectivity index (χ0n) is 11.6. The first-order chi connectivity index (χ1) is 10.1. The molecule has 0 aromatic heterocycles. The van der Waals surface area contributed by atoms with Gasteiger partial charge in [0.2, 0.25) is 0 Å². The first kappa shape index (κ1) is 13.8. The van der Waals surface area contributed by atoms with Crippen molar-refractivity contribution in [3.63, 3.8) is 0 Å². The van der Waals surface area contributed by atoms with Crippen LogP contribution in [0, 0.1) is 6.92 Å². The molecule has 2 aromatic carbocycles. The number of halogens is 1. The second-order valence-electron chi connectivity index (χ2n) is 4.89. The van der Waals surface area contributed by atoms with E-state index >= 15 is 0 Å². The van der Waals surface area contributed by atoms with E-state index in [1.807, 2.05) is 31.2 Å². The average Bonchev–Trinajstić information content (AvgIpc) is 2.50. The van der Waals surface area contributed by atoms with Gasteiger partial charge >= 0.3 is 0 Å². The zero-order valence-corrected chi connectivity index (χ0v) is 12.3.